The Balaban J connectivity index is 2.27. The number of hydrogen-bond donors (Lipinski definition) is 2. The monoisotopic (exact) mass is 359 g/mol. The van der Waals surface area contributed by atoms with Crippen LogP contribution in [0.1, 0.15) is 49.7 Å². The predicted octanol–water partition coefficient (Wildman–Crippen LogP) is 5.46. The summed E-state index contributed by atoms with van der Waals surface area (Å²) in [6.07, 6.45) is 2.42. The van der Waals surface area contributed by atoms with Crippen LogP contribution in [0.5, 0.6) is 11.5 Å². The third-order valence-corrected chi connectivity index (χ3v) is 5.04. The minimum Gasteiger partial charge on any atom is -0.507 e. The van der Waals surface area contributed by atoms with Crippen molar-refractivity contribution in [2.24, 2.45) is 5.41 Å². The van der Waals surface area contributed by atoms with Crippen LogP contribution in [0.25, 0.3) is 0 Å². The smallest absolute Gasteiger partial charge is 0.123 e. The summed E-state index contributed by atoms with van der Waals surface area (Å²) in [6, 6.07) is 8.27. The van der Waals surface area contributed by atoms with Crippen LogP contribution in [0.15, 0.2) is 42.3 Å². The van der Waals surface area contributed by atoms with Crippen molar-refractivity contribution in [2.45, 2.75) is 46.7 Å². The zero-order valence-electron chi connectivity index (χ0n) is 15.6. The van der Waals surface area contributed by atoms with Gasteiger partial charge >= 0.3 is 0 Å². The average Bonchev–Trinajstić information content (AvgIpc) is 3.04. The first kappa shape index (κ1) is 19.5. The Morgan fingerprint density at radius 1 is 1.32 bits per heavy atom. The molecule has 1 atom stereocenters. The number of phenols is 1. The molecule has 1 heterocycles. The van der Waals surface area contributed by atoms with Crippen molar-refractivity contribution >= 4 is 11.3 Å². The average molecular weight is 360 g/mol. The second-order valence-corrected chi connectivity index (χ2v) is 8.19. The molecule has 0 aliphatic rings. The van der Waals surface area contributed by atoms with E-state index in [-0.39, 0.29) is 11.5 Å². The molecule has 0 fully saturated rings. The summed E-state index contributed by atoms with van der Waals surface area (Å²) in [5.74, 6) is 1.12. The maximum Gasteiger partial charge on any atom is 0.123 e. The molecule has 1 aromatic heterocycles. The lowest BCUT2D eigenvalue weighted by Gasteiger charge is -2.31. The quantitative estimate of drug-likeness (QED) is 0.615. The van der Waals surface area contributed by atoms with Crippen molar-refractivity contribution in [2.75, 3.05) is 6.61 Å². The Bertz CT molecular complexity index is 687. The van der Waals surface area contributed by atoms with E-state index in [1.165, 1.54) is 4.88 Å². The number of rotatable bonds is 8. The number of ether oxygens (including phenoxy) is 1. The van der Waals surface area contributed by atoms with Crippen LogP contribution in [0.2, 0.25) is 0 Å². The maximum absolute atomic E-state index is 10.6. The van der Waals surface area contributed by atoms with E-state index in [4.69, 9.17) is 4.74 Å². The Hall–Kier alpha value is -1.78. The third-order valence-electron chi connectivity index (χ3n) is 4.11. The summed E-state index contributed by atoms with van der Waals surface area (Å²) in [7, 11) is 0. The summed E-state index contributed by atoms with van der Waals surface area (Å²) in [4.78, 5) is 1.30. The highest BCUT2D eigenvalue weighted by Crippen LogP contribution is 2.36. The van der Waals surface area contributed by atoms with Crippen LogP contribution in [-0.2, 0) is 13.0 Å². The molecule has 0 aliphatic carbocycles. The lowest BCUT2D eigenvalue weighted by Crippen LogP contribution is -2.31. The fourth-order valence-electron chi connectivity index (χ4n) is 2.93. The number of allylic oxidation sites excluding steroid dienone is 1. The molecule has 1 aromatic carbocycles. The van der Waals surface area contributed by atoms with Crippen LogP contribution in [0, 0.1) is 5.41 Å². The third kappa shape index (κ3) is 5.10. The molecule has 0 amide bonds. The first-order valence-electron chi connectivity index (χ1n) is 8.72. The molecule has 0 bridgehead atoms. The minimum atomic E-state index is 0.0714. The Labute approximate surface area is 155 Å². The number of nitrogens with one attached hydrogen (secondary N) is 1. The lowest BCUT2D eigenvalue weighted by molar-refractivity contribution is 0.273. The van der Waals surface area contributed by atoms with Crippen LogP contribution in [0.3, 0.4) is 0 Å². The molecule has 1 unspecified atom stereocenters. The zero-order valence-corrected chi connectivity index (χ0v) is 16.5. The van der Waals surface area contributed by atoms with E-state index >= 15 is 0 Å². The van der Waals surface area contributed by atoms with E-state index in [1.54, 1.807) is 17.4 Å². The van der Waals surface area contributed by atoms with Crippen LogP contribution in [0.4, 0.5) is 0 Å². The van der Waals surface area contributed by atoms with Gasteiger partial charge in [-0.1, -0.05) is 32.9 Å². The number of aromatic hydroxyl groups is 1. The molecule has 136 valence electrons. The SMILES string of the molecule is C=CCc1cc(OCC)cc(CNC(c2cccs2)C(C)(C)C)c1O. The fourth-order valence-corrected chi connectivity index (χ4v) is 3.97. The molecule has 25 heavy (non-hydrogen) atoms. The highest BCUT2D eigenvalue weighted by atomic mass is 32.1. The molecule has 2 rings (SSSR count). The van der Waals surface area contributed by atoms with Gasteiger partial charge in [0, 0.05) is 28.6 Å². The number of hydrogen-bond acceptors (Lipinski definition) is 4. The summed E-state index contributed by atoms with van der Waals surface area (Å²) < 4.78 is 5.66. The summed E-state index contributed by atoms with van der Waals surface area (Å²) in [5, 5.41) is 16.3. The van der Waals surface area contributed by atoms with Gasteiger partial charge in [0.1, 0.15) is 11.5 Å². The lowest BCUT2D eigenvalue weighted by atomic mass is 9.85. The van der Waals surface area contributed by atoms with E-state index in [0.29, 0.717) is 25.3 Å². The summed E-state index contributed by atoms with van der Waals surface area (Å²) in [5.41, 5.74) is 1.77. The molecule has 0 spiro atoms. The minimum absolute atomic E-state index is 0.0714. The standard InChI is InChI=1S/C21H29NO2S/c1-6-9-15-12-17(24-7-2)13-16(19(15)23)14-22-20(21(3,4)5)18-10-8-11-25-18/h6,8,10-13,20,22-23H,1,7,9,14H2,2-5H3. The number of thiophene rings is 1. The molecule has 2 N–H and O–H groups in total. The second-order valence-electron chi connectivity index (χ2n) is 7.21. The molecule has 4 heteroatoms. The van der Waals surface area contributed by atoms with Crippen molar-refractivity contribution in [3.63, 3.8) is 0 Å². The maximum atomic E-state index is 10.6. The van der Waals surface area contributed by atoms with Crippen molar-refractivity contribution in [1.82, 2.24) is 5.32 Å². The molecule has 0 radical (unpaired) electrons. The van der Waals surface area contributed by atoms with Gasteiger partial charge in [0.15, 0.2) is 0 Å². The Morgan fingerprint density at radius 2 is 2.04 bits per heavy atom. The van der Waals surface area contributed by atoms with Gasteiger partial charge in [-0.15, -0.1) is 17.9 Å². The molecular weight excluding hydrogens is 330 g/mol. The highest BCUT2D eigenvalue weighted by molar-refractivity contribution is 7.10. The van der Waals surface area contributed by atoms with E-state index in [2.05, 4.69) is 50.2 Å². The van der Waals surface area contributed by atoms with Crippen LogP contribution in [-0.4, -0.2) is 11.7 Å². The zero-order chi connectivity index (χ0) is 18.4. The Morgan fingerprint density at radius 3 is 2.60 bits per heavy atom. The molecule has 0 saturated heterocycles. The van der Waals surface area contributed by atoms with Crippen LogP contribution < -0.4 is 10.1 Å². The van der Waals surface area contributed by atoms with Crippen molar-refractivity contribution in [3.05, 3.63) is 58.3 Å². The molecule has 0 aliphatic heterocycles. The number of phenolic OH excluding ortho intramolecular Hbond substituents is 1. The molecule has 0 saturated carbocycles. The molecular formula is C21H29NO2S. The highest BCUT2D eigenvalue weighted by Gasteiger charge is 2.27. The van der Waals surface area contributed by atoms with E-state index in [9.17, 15) is 5.11 Å². The van der Waals surface area contributed by atoms with Gasteiger partial charge in [-0.25, -0.2) is 0 Å². The van der Waals surface area contributed by atoms with E-state index in [0.717, 1.165) is 16.9 Å². The topological polar surface area (TPSA) is 41.5 Å². The largest absolute Gasteiger partial charge is 0.507 e. The first-order chi connectivity index (χ1) is 11.9. The summed E-state index contributed by atoms with van der Waals surface area (Å²) in [6.45, 7) is 13.6. The van der Waals surface area contributed by atoms with E-state index < -0.39 is 0 Å². The first-order valence-corrected chi connectivity index (χ1v) is 9.60. The fraction of sp³-hybridized carbons (Fsp3) is 0.429. The van der Waals surface area contributed by atoms with Gasteiger partial charge < -0.3 is 15.2 Å². The second kappa shape index (κ2) is 8.54. The van der Waals surface area contributed by atoms with Crippen molar-refractivity contribution in [3.8, 4) is 11.5 Å². The van der Waals surface area contributed by atoms with E-state index in [1.807, 2.05) is 19.1 Å². The summed E-state index contributed by atoms with van der Waals surface area (Å²) >= 11 is 1.76. The van der Waals surface area contributed by atoms with Crippen LogP contribution >= 0.6 is 11.3 Å². The van der Waals surface area contributed by atoms with Gasteiger partial charge in [0.25, 0.3) is 0 Å². The van der Waals surface area contributed by atoms with Crippen molar-refractivity contribution in [1.29, 1.82) is 0 Å². The van der Waals surface area contributed by atoms with Gasteiger partial charge in [-0.3, -0.25) is 0 Å². The molecule has 3 nitrogen and oxygen atoms in total. The normalized spacial score (nSPS) is 12.8. The molecule has 2 aromatic rings. The van der Waals surface area contributed by atoms with Gasteiger partial charge in [0.2, 0.25) is 0 Å². The Kier molecular flexibility index (Phi) is 6.68. The van der Waals surface area contributed by atoms with Gasteiger partial charge in [-0.2, -0.15) is 0 Å². The number of benzene rings is 1. The van der Waals surface area contributed by atoms with Gasteiger partial charge in [-0.05, 0) is 42.3 Å². The van der Waals surface area contributed by atoms with Gasteiger partial charge in [0.05, 0.1) is 6.61 Å². The van der Waals surface area contributed by atoms with Crippen molar-refractivity contribution < 1.29 is 9.84 Å². The predicted molar refractivity (Wildman–Crippen MR) is 107 cm³/mol.